The summed E-state index contributed by atoms with van der Waals surface area (Å²) in [6, 6.07) is 9.97. The van der Waals surface area contributed by atoms with Gasteiger partial charge in [-0.05, 0) is 50.8 Å². The summed E-state index contributed by atoms with van der Waals surface area (Å²) in [6.07, 6.45) is 4.00. The molecule has 2 aliphatic rings. The number of anilines is 1. The maximum absolute atomic E-state index is 5.56. The molecule has 6 nitrogen and oxygen atoms in total. The normalized spacial score (nSPS) is 22.4. The van der Waals surface area contributed by atoms with E-state index >= 15 is 0 Å². The van der Waals surface area contributed by atoms with E-state index in [2.05, 4.69) is 70.2 Å². The first-order valence-corrected chi connectivity index (χ1v) is 11.2. The van der Waals surface area contributed by atoms with E-state index in [4.69, 9.17) is 4.74 Å². The fourth-order valence-corrected chi connectivity index (χ4v) is 4.45. The molecular formula is C23H39N5O. The van der Waals surface area contributed by atoms with Gasteiger partial charge in [0.25, 0.3) is 0 Å². The van der Waals surface area contributed by atoms with Gasteiger partial charge < -0.3 is 19.9 Å². The Morgan fingerprint density at radius 3 is 2.59 bits per heavy atom. The van der Waals surface area contributed by atoms with Gasteiger partial charge in [0.05, 0.1) is 13.2 Å². The number of rotatable bonds is 6. The lowest BCUT2D eigenvalue weighted by Crippen LogP contribution is -2.53. The van der Waals surface area contributed by atoms with Gasteiger partial charge in [0, 0.05) is 64.6 Å². The van der Waals surface area contributed by atoms with Gasteiger partial charge in [0.15, 0.2) is 5.96 Å². The largest absolute Gasteiger partial charge is 0.379 e. The van der Waals surface area contributed by atoms with Gasteiger partial charge in [-0.25, -0.2) is 0 Å². The Kier molecular flexibility index (Phi) is 8.19. The van der Waals surface area contributed by atoms with Crippen molar-refractivity contribution in [1.29, 1.82) is 0 Å². The van der Waals surface area contributed by atoms with Crippen molar-refractivity contribution in [2.45, 2.75) is 51.7 Å². The number of benzene rings is 1. The predicted molar refractivity (Wildman–Crippen MR) is 122 cm³/mol. The molecule has 1 aromatic rings. The van der Waals surface area contributed by atoms with Crippen LogP contribution in [0.25, 0.3) is 0 Å². The van der Waals surface area contributed by atoms with E-state index in [0.717, 1.165) is 38.8 Å². The molecule has 162 valence electrons. The lowest BCUT2D eigenvalue weighted by molar-refractivity contribution is -0.0175. The average molecular weight is 402 g/mol. The van der Waals surface area contributed by atoms with Gasteiger partial charge in [-0.2, -0.15) is 0 Å². The molecule has 0 amide bonds. The summed E-state index contributed by atoms with van der Waals surface area (Å²) in [5.74, 6) is 0.942. The zero-order valence-electron chi connectivity index (χ0n) is 18.7. The minimum absolute atomic E-state index is 0.447. The zero-order valence-corrected chi connectivity index (χ0v) is 18.7. The number of hydrogen-bond acceptors (Lipinski definition) is 4. The van der Waals surface area contributed by atoms with Gasteiger partial charge >= 0.3 is 0 Å². The molecule has 2 atom stereocenters. The maximum atomic E-state index is 5.56. The second-order valence-electron chi connectivity index (χ2n) is 8.51. The molecule has 2 heterocycles. The second kappa shape index (κ2) is 10.8. The predicted octanol–water partition coefficient (Wildman–Crippen LogP) is 2.79. The number of nitrogens with one attached hydrogen (secondary N) is 1. The van der Waals surface area contributed by atoms with Gasteiger partial charge in [-0.3, -0.25) is 9.89 Å². The summed E-state index contributed by atoms with van der Waals surface area (Å²) in [5, 5.41) is 3.56. The molecule has 6 heteroatoms. The summed E-state index contributed by atoms with van der Waals surface area (Å²) in [6.45, 7) is 11.3. The number of morpholine rings is 1. The topological polar surface area (TPSA) is 43.3 Å². The van der Waals surface area contributed by atoms with Crippen LogP contribution in [0.5, 0.6) is 0 Å². The minimum atomic E-state index is 0.447. The molecule has 0 radical (unpaired) electrons. The lowest BCUT2D eigenvalue weighted by Gasteiger charge is -2.38. The lowest BCUT2D eigenvalue weighted by atomic mass is 10.1. The molecule has 0 spiro atoms. The summed E-state index contributed by atoms with van der Waals surface area (Å²) < 4.78 is 5.56. The molecule has 1 N–H and O–H groups in total. The van der Waals surface area contributed by atoms with Crippen molar-refractivity contribution >= 4 is 11.6 Å². The molecule has 0 aliphatic carbocycles. The van der Waals surface area contributed by atoms with Crippen molar-refractivity contribution in [2.75, 3.05) is 58.4 Å². The smallest absolute Gasteiger partial charge is 0.193 e. The Bertz CT molecular complexity index is 641. The molecule has 0 bridgehead atoms. The van der Waals surface area contributed by atoms with Gasteiger partial charge in [0.2, 0.25) is 0 Å². The molecule has 29 heavy (non-hydrogen) atoms. The average Bonchev–Trinajstić information content (AvgIpc) is 2.75. The Balaban J connectivity index is 1.49. The van der Waals surface area contributed by atoms with Gasteiger partial charge in [-0.1, -0.05) is 12.1 Å². The van der Waals surface area contributed by atoms with Crippen molar-refractivity contribution < 1.29 is 4.74 Å². The highest BCUT2D eigenvalue weighted by Gasteiger charge is 2.23. The van der Waals surface area contributed by atoms with Gasteiger partial charge in [0.1, 0.15) is 0 Å². The van der Waals surface area contributed by atoms with Crippen LogP contribution in [0.2, 0.25) is 0 Å². The van der Waals surface area contributed by atoms with E-state index < -0.39 is 0 Å². The number of aliphatic imine (C=N–C) groups is 1. The first-order valence-electron chi connectivity index (χ1n) is 11.2. The zero-order chi connectivity index (χ0) is 20.6. The number of hydrogen-bond donors (Lipinski definition) is 1. The number of ether oxygens (including phenoxy) is 1. The Morgan fingerprint density at radius 2 is 1.93 bits per heavy atom. The highest BCUT2D eigenvalue weighted by molar-refractivity contribution is 5.79. The fraction of sp³-hybridized carbons (Fsp3) is 0.696. The summed E-state index contributed by atoms with van der Waals surface area (Å²) >= 11 is 0. The second-order valence-corrected chi connectivity index (χ2v) is 8.51. The third kappa shape index (κ3) is 6.09. The van der Waals surface area contributed by atoms with Crippen LogP contribution < -0.4 is 10.2 Å². The first kappa shape index (κ1) is 21.9. The number of nitrogens with zero attached hydrogens (tertiary/aromatic N) is 4. The van der Waals surface area contributed by atoms with E-state index in [-0.39, 0.29) is 0 Å². The molecule has 3 rings (SSSR count). The molecule has 2 unspecified atom stereocenters. The van der Waals surface area contributed by atoms with Crippen LogP contribution >= 0.6 is 0 Å². The van der Waals surface area contributed by atoms with Crippen LogP contribution in [-0.2, 0) is 11.3 Å². The van der Waals surface area contributed by atoms with Crippen LogP contribution in [0.3, 0.4) is 0 Å². The Morgan fingerprint density at radius 1 is 1.21 bits per heavy atom. The molecular weight excluding hydrogens is 362 g/mol. The molecule has 2 saturated heterocycles. The van der Waals surface area contributed by atoms with Crippen molar-refractivity contribution in [3.63, 3.8) is 0 Å². The van der Waals surface area contributed by atoms with Crippen molar-refractivity contribution in [3.8, 4) is 0 Å². The SMILES string of the molecule is CN=C(NCC(C)N1CCOCC1C)N(C)Cc1ccc(N2CCCCC2)cc1. The van der Waals surface area contributed by atoms with Crippen LogP contribution in [0.15, 0.2) is 29.3 Å². The Labute approximate surface area is 176 Å². The summed E-state index contributed by atoms with van der Waals surface area (Å²) in [5.41, 5.74) is 2.66. The van der Waals surface area contributed by atoms with E-state index in [1.165, 1.54) is 43.6 Å². The van der Waals surface area contributed by atoms with E-state index in [9.17, 15) is 0 Å². The molecule has 0 aromatic heterocycles. The molecule has 0 saturated carbocycles. The highest BCUT2D eigenvalue weighted by Crippen LogP contribution is 2.20. The molecule has 2 aliphatic heterocycles. The van der Waals surface area contributed by atoms with Crippen molar-refractivity contribution in [3.05, 3.63) is 29.8 Å². The third-order valence-corrected chi connectivity index (χ3v) is 6.19. The summed E-state index contributed by atoms with van der Waals surface area (Å²) in [7, 11) is 3.97. The quantitative estimate of drug-likeness (QED) is 0.587. The van der Waals surface area contributed by atoms with Crippen LogP contribution in [0, 0.1) is 0 Å². The van der Waals surface area contributed by atoms with E-state index in [1.54, 1.807) is 0 Å². The third-order valence-electron chi connectivity index (χ3n) is 6.19. The van der Waals surface area contributed by atoms with E-state index in [0.29, 0.717) is 12.1 Å². The van der Waals surface area contributed by atoms with Gasteiger partial charge in [-0.15, -0.1) is 0 Å². The number of piperidine rings is 1. The highest BCUT2D eigenvalue weighted by atomic mass is 16.5. The van der Waals surface area contributed by atoms with Crippen molar-refractivity contribution in [2.24, 2.45) is 4.99 Å². The fourth-order valence-electron chi connectivity index (χ4n) is 4.45. The minimum Gasteiger partial charge on any atom is -0.379 e. The summed E-state index contributed by atoms with van der Waals surface area (Å²) in [4.78, 5) is 11.7. The monoisotopic (exact) mass is 401 g/mol. The van der Waals surface area contributed by atoms with Crippen LogP contribution in [-0.4, -0.2) is 81.3 Å². The standard InChI is InChI=1S/C23H39N5O/c1-19(28-14-15-29-18-20(28)2)16-25-23(24-3)26(4)17-21-8-10-22(11-9-21)27-12-6-5-7-13-27/h8-11,19-20H,5-7,12-18H2,1-4H3,(H,24,25). The number of guanidine groups is 1. The van der Waals surface area contributed by atoms with E-state index in [1.807, 2.05) is 7.05 Å². The molecule has 1 aromatic carbocycles. The Hall–Kier alpha value is -1.79. The van der Waals surface area contributed by atoms with Crippen LogP contribution in [0.4, 0.5) is 5.69 Å². The first-order chi connectivity index (χ1) is 14.1. The van der Waals surface area contributed by atoms with Crippen molar-refractivity contribution in [1.82, 2.24) is 15.1 Å². The molecule has 2 fully saturated rings. The van der Waals surface area contributed by atoms with Crippen LogP contribution in [0.1, 0.15) is 38.7 Å². The maximum Gasteiger partial charge on any atom is 0.193 e.